The maximum absolute atomic E-state index is 10.5. The smallest absolute Gasteiger partial charge is 0.170 e. The number of hydrogen-bond donors (Lipinski definition) is 0. The second-order valence-electron chi connectivity index (χ2n) is 3.78. The van der Waals surface area contributed by atoms with Crippen LogP contribution in [0.2, 0.25) is 0 Å². The largest absolute Gasteiger partial charge is 0.296 e. The molecule has 0 radical (unpaired) electrons. The van der Waals surface area contributed by atoms with Gasteiger partial charge in [-0.05, 0) is 31.5 Å². The van der Waals surface area contributed by atoms with E-state index in [0.29, 0.717) is 12.0 Å². The molecule has 2 rings (SSSR count). The summed E-state index contributed by atoms with van der Waals surface area (Å²) in [6.07, 6.45) is 0.693. The molecule has 0 fully saturated rings. The highest BCUT2D eigenvalue weighted by molar-refractivity contribution is 5.72. The fraction of sp³-hybridized carbons (Fsp3) is 0.154. The molecular formula is C13H12N2O. The highest BCUT2D eigenvalue weighted by Crippen LogP contribution is 2.21. The fourth-order valence-corrected chi connectivity index (χ4v) is 1.65. The summed E-state index contributed by atoms with van der Waals surface area (Å²) in [5, 5.41) is 7.85. The molecule has 3 heteroatoms. The van der Waals surface area contributed by atoms with Gasteiger partial charge in [0, 0.05) is 5.56 Å². The van der Waals surface area contributed by atoms with Gasteiger partial charge >= 0.3 is 0 Å². The van der Waals surface area contributed by atoms with Gasteiger partial charge in [0.25, 0.3) is 0 Å². The Kier molecular flexibility index (Phi) is 2.77. The zero-order valence-corrected chi connectivity index (χ0v) is 9.27. The van der Waals surface area contributed by atoms with Crippen molar-refractivity contribution in [1.82, 2.24) is 10.2 Å². The van der Waals surface area contributed by atoms with Gasteiger partial charge in [0.2, 0.25) is 0 Å². The van der Waals surface area contributed by atoms with Crippen LogP contribution in [0.1, 0.15) is 21.6 Å². The summed E-state index contributed by atoms with van der Waals surface area (Å²) in [5.74, 6) is 0. The van der Waals surface area contributed by atoms with Gasteiger partial charge in [0.1, 0.15) is 5.69 Å². The second-order valence-corrected chi connectivity index (χ2v) is 3.78. The molecule has 0 atom stereocenters. The standard InChI is InChI=1S/C13H12N2O/c1-9-3-5-12(10(2)7-9)13-6-4-11(8-16)14-15-13/h3-8H,1-2H3. The Morgan fingerprint density at radius 1 is 1.06 bits per heavy atom. The lowest BCUT2D eigenvalue weighted by Crippen LogP contribution is -1.94. The third-order valence-corrected chi connectivity index (χ3v) is 2.46. The third kappa shape index (κ3) is 1.98. The van der Waals surface area contributed by atoms with E-state index >= 15 is 0 Å². The summed E-state index contributed by atoms with van der Waals surface area (Å²) in [7, 11) is 0. The molecule has 0 aliphatic heterocycles. The monoisotopic (exact) mass is 212 g/mol. The molecule has 0 bridgehead atoms. The van der Waals surface area contributed by atoms with Crippen molar-refractivity contribution >= 4 is 6.29 Å². The zero-order valence-electron chi connectivity index (χ0n) is 9.27. The molecule has 0 amide bonds. The molecule has 0 saturated heterocycles. The van der Waals surface area contributed by atoms with Crippen LogP contribution in [0.3, 0.4) is 0 Å². The Balaban J connectivity index is 2.46. The molecular weight excluding hydrogens is 200 g/mol. The number of nitrogens with zero attached hydrogens (tertiary/aromatic N) is 2. The number of aldehydes is 1. The number of hydrogen-bond acceptors (Lipinski definition) is 3. The number of carbonyl (C=O) groups is 1. The molecule has 1 aromatic heterocycles. The summed E-state index contributed by atoms with van der Waals surface area (Å²) in [6, 6.07) is 9.65. The molecule has 16 heavy (non-hydrogen) atoms. The third-order valence-electron chi connectivity index (χ3n) is 2.46. The SMILES string of the molecule is Cc1ccc(-c2ccc(C=O)nn2)c(C)c1. The van der Waals surface area contributed by atoms with E-state index in [4.69, 9.17) is 0 Å². The van der Waals surface area contributed by atoms with E-state index in [2.05, 4.69) is 23.2 Å². The maximum Gasteiger partial charge on any atom is 0.170 e. The van der Waals surface area contributed by atoms with Crippen molar-refractivity contribution in [3.8, 4) is 11.3 Å². The number of rotatable bonds is 2. The lowest BCUT2D eigenvalue weighted by molar-refractivity contribution is 0.111. The van der Waals surface area contributed by atoms with Gasteiger partial charge in [-0.2, -0.15) is 0 Å². The second kappa shape index (κ2) is 4.23. The number of aryl methyl sites for hydroxylation is 2. The topological polar surface area (TPSA) is 42.9 Å². The minimum atomic E-state index is 0.355. The first kappa shape index (κ1) is 10.5. The highest BCUT2D eigenvalue weighted by Gasteiger charge is 2.04. The van der Waals surface area contributed by atoms with Gasteiger partial charge < -0.3 is 0 Å². The average Bonchev–Trinajstić information content (AvgIpc) is 2.29. The highest BCUT2D eigenvalue weighted by atomic mass is 16.1. The number of benzene rings is 1. The van der Waals surface area contributed by atoms with Gasteiger partial charge in [-0.3, -0.25) is 4.79 Å². The normalized spacial score (nSPS) is 10.1. The van der Waals surface area contributed by atoms with Crippen molar-refractivity contribution in [2.75, 3.05) is 0 Å². The molecule has 0 aliphatic rings. The van der Waals surface area contributed by atoms with Crippen LogP contribution in [0.4, 0.5) is 0 Å². The molecule has 0 N–H and O–H groups in total. The summed E-state index contributed by atoms with van der Waals surface area (Å²) in [4.78, 5) is 10.5. The Morgan fingerprint density at radius 2 is 1.88 bits per heavy atom. The predicted molar refractivity (Wildman–Crippen MR) is 62.3 cm³/mol. The van der Waals surface area contributed by atoms with Crippen LogP contribution in [0.5, 0.6) is 0 Å². The van der Waals surface area contributed by atoms with Gasteiger partial charge in [0.15, 0.2) is 6.29 Å². The van der Waals surface area contributed by atoms with Crippen LogP contribution in [-0.2, 0) is 0 Å². The van der Waals surface area contributed by atoms with E-state index in [0.717, 1.165) is 16.8 Å². The molecule has 80 valence electrons. The zero-order chi connectivity index (χ0) is 11.5. The maximum atomic E-state index is 10.5. The van der Waals surface area contributed by atoms with Gasteiger partial charge in [-0.1, -0.05) is 23.8 Å². The van der Waals surface area contributed by atoms with Crippen LogP contribution in [-0.4, -0.2) is 16.5 Å². The summed E-state index contributed by atoms with van der Waals surface area (Å²) < 4.78 is 0. The first-order valence-corrected chi connectivity index (χ1v) is 5.07. The van der Waals surface area contributed by atoms with E-state index < -0.39 is 0 Å². The predicted octanol–water partition coefficient (Wildman–Crippen LogP) is 2.57. The van der Waals surface area contributed by atoms with Crippen LogP contribution < -0.4 is 0 Å². The minimum Gasteiger partial charge on any atom is -0.296 e. The Labute approximate surface area is 94.2 Å². The van der Waals surface area contributed by atoms with Crippen LogP contribution >= 0.6 is 0 Å². The van der Waals surface area contributed by atoms with Gasteiger partial charge in [-0.25, -0.2) is 0 Å². The van der Waals surface area contributed by atoms with E-state index in [1.807, 2.05) is 25.1 Å². The van der Waals surface area contributed by atoms with Crippen molar-refractivity contribution < 1.29 is 4.79 Å². The molecule has 0 spiro atoms. The molecule has 1 aromatic carbocycles. The Hall–Kier alpha value is -2.03. The molecule has 0 saturated carbocycles. The molecule has 0 aliphatic carbocycles. The number of carbonyl (C=O) groups excluding carboxylic acids is 1. The first-order chi connectivity index (χ1) is 7.70. The summed E-state index contributed by atoms with van der Waals surface area (Å²) in [6.45, 7) is 4.09. The Bertz CT molecular complexity index is 518. The Morgan fingerprint density at radius 3 is 2.44 bits per heavy atom. The van der Waals surface area contributed by atoms with Crippen LogP contribution in [0.25, 0.3) is 11.3 Å². The van der Waals surface area contributed by atoms with Crippen molar-refractivity contribution in [3.05, 3.63) is 47.2 Å². The first-order valence-electron chi connectivity index (χ1n) is 5.07. The summed E-state index contributed by atoms with van der Waals surface area (Å²) >= 11 is 0. The van der Waals surface area contributed by atoms with Crippen molar-refractivity contribution in [2.45, 2.75) is 13.8 Å². The molecule has 0 unspecified atom stereocenters. The van der Waals surface area contributed by atoms with Crippen molar-refractivity contribution in [3.63, 3.8) is 0 Å². The average molecular weight is 212 g/mol. The van der Waals surface area contributed by atoms with Crippen molar-refractivity contribution in [1.29, 1.82) is 0 Å². The molecule has 2 aromatic rings. The number of aromatic nitrogens is 2. The van der Waals surface area contributed by atoms with E-state index in [-0.39, 0.29) is 0 Å². The van der Waals surface area contributed by atoms with Crippen molar-refractivity contribution in [2.24, 2.45) is 0 Å². The lowest BCUT2D eigenvalue weighted by atomic mass is 10.0. The van der Waals surface area contributed by atoms with Crippen LogP contribution in [0.15, 0.2) is 30.3 Å². The molecule has 1 heterocycles. The van der Waals surface area contributed by atoms with E-state index in [1.54, 1.807) is 6.07 Å². The van der Waals surface area contributed by atoms with Gasteiger partial charge in [-0.15, -0.1) is 10.2 Å². The fourth-order valence-electron chi connectivity index (χ4n) is 1.65. The minimum absolute atomic E-state index is 0.355. The molecule has 3 nitrogen and oxygen atoms in total. The van der Waals surface area contributed by atoms with E-state index in [1.165, 1.54) is 5.56 Å². The summed E-state index contributed by atoms with van der Waals surface area (Å²) in [5.41, 5.74) is 4.58. The van der Waals surface area contributed by atoms with Crippen LogP contribution in [0, 0.1) is 13.8 Å². The quantitative estimate of drug-likeness (QED) is 0.718. The van der Waals surface area contributed by atoms with Gasteiger partial charge in [0.05, 0.1) is 5.69 Å². The lowest BCUT2D eigenvalue weighted by Gasteiger charge is -2.05. The van der Waals surface area contributed by atoms with E-state index in [9.17, 15) is 4.79 Å².